The van der Waals surface area contributed by atoms with Crippen molar-refractivity contribution in [2.75, 3.05) is 18.5 Å². The number of likely N-dealkylation sites (N-methyl/N-ethyl adjacent to an activating group) is 1. The standard InChI is InChI=1S/C14H14ClN5O2/c1-19(13(21)10-8-16-18-17-10)12-6-7-20(14(12)22)11-5-3-2-4-9(11)15/h2-5,8,12H,6-7H2,1H3,(H,16,17,18)/t12-/m0/s1. The number of anilines is 1. The first-order chi connectivity index (χ1) is 10.6. The van der Waals surface area contributed by atoms with Crippen LogP contribution in [0.4, 0.5) is 5.69 Å². The highest BCUT2D eigenvalue weighted by atomic mass is 35.5. The van der Waals surface area contributed by atoms with Gasteiger partial charge in [0.2, 0.25) is 5.91 Å². The van der Waals surface area contributed by atoms with E-state index in [0.29, 0.717) is 23.7 Å². The molecule has 0 saturated carbocycles. The Morgan fingerprint density at radius 1 is 1.45 bits per heavy atom. The zero-order chi connectivity index (χ0) is 15.7. The van der Waals surface area contributed by atoms with E-state index in [1.54, 1.807) is 24.1 Å². The van der Waals surface area contributed by atoms with Crippen molar-refractivity contribution in [1.82, 2.24) is 20.3 Å². The number of halogens is 1. The second-order valence-corrected chi connectivity index (χ2v) is 5.42. The molecular formula is C14H14ClN5O2. The highest BCUT2D eigenvalue weighted by Gasteiger charge is 2.38. The number of aromatic amines is 1. The average molecular weight is 320 g/mol. The van der Waals surface area contributed by atoms with Gasteiger partial charge in [0.1, 0.15) is 6.04 Å². The third kappa shape index (κ3) is 2.43. The van der Waals surface area contributed by atoms with E-state index in [1.165, 1.54) is 11.1 Å². The van der Waals surface area contributed by atoms with Crippen molar-refractivity contribution in [1.29, 1.82) is 0 Å². The molecule has 2 amide bonds. The van der Waals surface area contributed by atoms with Gasteiger partial charge >= 0.3 is 0 Å². The highest BCUT2D eigenvalue weighted by molar-refractivity contribution is 6.34. The van der Waals surface area contributed by atoms with Crippen molar-refractivity contribution >= 4 is 29.1 Å². The molecule has 0 radical (unpaired) electrons. The van der Waals surface area contributed by atoms with Crippen LogP contribution in [0.5, 0.6) is 0 Å². The third-order valence-corrected chi connectivity index (χ3v) is 4.06. The Balaban J connectivity index is 1.79. The van der Waals surface area contributed by atoms with Gasteiger partial charge in [-0.3, -0.25) is 9.59 Å². The summed E-state index contributed by atoms with van der Waals surface area (Å²) >= 11 is 6.14. The maximum absolute atomic E-state index is 12.6. The van der Waals surface area contributed by atoms with E-state index in [-0.39, 0.29) is 17.5 Å². The molecule has 3 rings (SSSR count). The van der Waals surface area contributed by atoms with Gasteiger partial charge in [-0.25, -0.2) is 0 Å². The van der Waals surface area contributed by atoms with Gasteiger partial charge in [-0.05, 0) is 18.6 Å². The van der Waals surface area contributed by atoms with Gasteiger partial charge in [-0.15, -0.1) is 0 Å². The lowest BCUT2D eigenvalue weighted by atomic mass is 10.2. The number of benzene rings is 1. The van der Waals surface area contributed by atoms with Crippen LogP contribution in [0.1, 0.15) is 16.9 Å². The van der Waals surface area contributed by atoms with Gasteiger partial charge in [0, 0.05) is 13.6 Å². The topological polar surface area (TPSA) is 82.2 Å². The molecule has 0 bridgehead atoms. The molecule has 114 valence electrons. The molecule has 1 aliphatic heterocycles. The molecule has 2 aromatic rings. The quantitative estimate of drug-likeness (QED) is 0.925. The Morgan fingerprint density at radius 2 is 2.23 bits per heavy atom. The predicted octanol–water partition coefficient (Wildman–Crippen LogP) is 1.34. The normalized spacial score (nSPS) is 17.8. The number of nitrogens with zero attached hydrogens (tertiary/aromatic N) is 4. The fraction of sp³-hybridized carbons (Fsp3) is 0.286. The smallest absolute Gasteiger partial charge is 0.276 e. The van der Waals surface area contributed by atoms with E-state index in [0.717, 1.165) is 0 Å². The summed E-state index contributed by atoms with van der Waals surface area (Å²) in [5, 5.41) is 10.3. The van der Waals surface area contributed by atoms with E-state index in [1.807, 2.05) is 12.1 Å². The van der Waals surface area contributed by atoms with Crippen molar-refractivity contribution in [3.05, 3.63) is 41.2 Å². The molecule has 1 aromatic carbocycles. The van der Waals surface area contributed by atoms with Crippen LogP contribution in [0.15, 0.2) is 30.5 Å². The Kier molecular flexibility index (Phi) is 3.81. The van der Waals surface area contributed by atoms with Crippen LogP contribution in [0, 0.1) is 0 Å². The molecule has 0 aliphatic carbocycles. The van der Waals surface area contributed by atoms with Crippen LogP contribution in [-0.4, -0.2) is 51.8 Å². The van der Waals surface area contributed by atoms with Gasteiger partial charge < -0.3 is 9.80 Å². The largest absolute Gasteiger partial charge is 0.328 e. The third-order valence-electron chi connectivity index (χ3n) is 3.74. The van der Waals surface area contributed by atoms with E-state index < -0.39 is 6.04 Å². The number of H-pyrrole nitrogens is 1. The molecule has 22 heavy (non-hydrogen) atoms. The molecule has 7 nitrogen and oxygen atoms in total. The molecule has 2 heterocycles. The highest BCUT2D eigenvalue weighted by Crippen LogP contribution is 2.30. The zero-order valence-electron chi connectivity index (χ0n) is 11.9. The fourth-order valence-corrected chi connectivity index (χ4v) is 2.80. The molecule has 1 fully saturated rings. The first-order valence-electron chi connectivity index (χ1n) is 6.78. The summed E-state index contributed by atoms with van der Waals surface area (Å²) in [6.45, 7) is 0.518. The number of amides is 2. The lowest BCUT2D eigenvalue weighted by molar-refractivity contribution is -0.120. The summed E-state index contributed by atoms with van der Waals surface area (Å²) < 4.78 is 0. The Bertz CT molecular complexity index is 703. The first kappa shape index (κ1) is 14.5. The summed E-state index contributed by atoms with van der Waals surface area (Å²) in [6, 6.07) is 6.64. The lowest BCUT2D eigenvalue weighted by Gasteiger charge is -2.23. The van der Waals surface area contributed by atoms with E-state index >= 15 is 0 Å². The van der Waals surface area contributed by atoms with Gasteiger partial charge in [0.15, 0.2) is 5.69 Å². The van der Waals surface area contributed by atoms with Crippen LogP contribution >= 0.6 is 11.6 Å². The summed E-state index contributed by atoms with van der Waals surface area (Å²) in [6.07, 6.45) is 1.88. The molecule has 8 heteroatoms. The first-order valence-corrected chi connectivity index (χ1v) is 7.16. The average Bonchev–Trinajstić information content (AvgIpc) is 3.16. The molecule has 1 atom stereocenters. The number of carbonyl (C=O) groups is 2. The van der Waals surface area contributed by atoms with Gasteiger partial charge in [0.05, 0.1) is 16.9 Å². The van der Waals surface area contributed by atoms with Crippen LogP contribution < -0.4 is 4.90 Å². The number of nitrogens with one attached hydrogen (secondary N) is 1. The molecule has 0 spiro atoms. The molecule has 1 saturated heterocycles. The van der Waals surface area contributed by atoms with Crippen LogP contribution in [0.25, 0.3) is 0 Å². The number of carbonyl (C=O) groups excluding carboxylic acids is 2. The summed E-state index contributed by atoms with van der Waals surface area (Å²) in [7, 11) is 1.59. The van der Waals surface area contributed by atoms with E-state index in [4.69, 9.17) is 11.6 Å². The molecule has 1 N–H and O–H groups in total. The minimum absolute atomic E-state index is 0.146. The fourth-order valence-electron chi connectivity index (χ4n) is 2.56. The van der Waals surface area contributed by atoms with Crippen LogP contribution in [-0.2, 0) is 4.79 Å². The van der Waals surface area contributed by atoms with Crippen LogP contribution in [0.3, 0.4) is 0 Å². The molecule has 1 aromatic heterocycles. The molecule has 1 aliphatic rings. The van der Waals surface area contributed by atoms with Crippen LogP contribution in [0.2, 0.25) is 5.02 Å². The minimum atomic E-state index is -0.527. The van der Waals surface area contributed by atoms with E-state index in [9.17, 15) is 9.59 Å². The van der Waals surface area contributed by atoms with Gasteiger partial charge in [-0.2, -0.15) is 15.4 Å². The van der Waals surface area contributed by atoms with Gasteiger partial charge in [-0.1, -0.05) is 23.7 Å². The van der Waals surface area contributed by atoms with E-state index in [2.05, 4.69) is 15.4 Å². The monoisotopic (exact) mass is 319 g/mol. The van der Waals surface area contributed by atoms with Crippen molar-refractivity contribution in [2.45, 2.75) is 12.5 Å². The zero-order valence-corrected chi connectivity index (χ0v) is 12.6. The number of aromatic nitrogens is 3. The second-order valence-electron chi connectivity index (χ2n) is 5.02. The number of hydrogen-bond donors (Lipinski definition) is 1. The Morgan fingerprint density at radius 3 is 2.91 bits per heavy atom. The Hall–Kier alpha value is -2.41. The summed E-state index contributed by atoms with van der Waals surface area (Å²) in [4.78, 5) is 27.9. The lowest BCUT2D eigenvalue weighted by Crippen LogP contribution is -2.43. The van der Waals surface area contributed by atoms with Crippen molar-refractivity contribution in [2.24, 2.45) is 0 Å². The summed E-state index contributed by atoms with van der Waals surface area (Å²) in [5.41, 5.74) is 0.852. The van der Waals surface area contributed by atoms with Crippen molar-refractivity contribution < 1.29 is 9.59 Å². The molecular weight excluding hydrogens is 306 g/mol. The maximum atomic E-state index is 12.6. The summed E-state index contributed by atoms with van der Waals surface area (Å²) in [5.74, 6) is -0.486. The number of hydrogen-bond acceptors (Lipinski definition) is 4. The SMILES string of the molecule is CN(C(=O)c1cn[nH]n1)[C@H]1CCN(c2ccccc2Cl)C1=O. The molecule has 0 unspecified atom stereocenters. The van der Waals surface area contributed by atoms with Crippen molar-refractivity contribution in [3.63, 3.8) is 0 Å². The number of para-hydroxylation sites is 1. The maximum Gasteiger partial charge on any atom is 0.276 e. The van der Waals surface area contributed by atoms with Crippen molar-refractivity contribution in [3.8, 4) is 0 Å². The predicted molar refractivity (Wildman–Crippen MR) is 80.7 cm³/mol. The van der Waals surface area contributed by atoms with Gasteiger partial charge in [0.25, 0.3) is 5.91 Å². The number of rotatable bonds is 3. The second kappa shape index (κ2) is 5.76. The minimum Gasteiger partial charge on any atom is -0.328 e. The Labute approximate surface area is 131 Å².